The number of allylic oxidation sites excluding steroid dienone is 8. The first-order valence-corrected chi connectivity index (χ1v) is 15.8. The number of hydrogen-bond donors (Lipinski definition) is 0. The van der Waals surface area contributed by atoms with E-state index in [0.29, 0.717) is 0 Å². The maximum atomic E-state index is 4.93. The van der Waals surface area contributed by atoms with Crippen LogP contribution in [0.1, 0.15) is 44.9 Å². The van der Waals surface area contributed by atoms with E-state index in [9.17, 15) is 0 Å². The van der Waals surface area contributed by atoms with Gasteiger partial charge in [0.1, 0.15) is 0 Å². The molecule has 152 valence electrons. The van der Waals surface area contributed by atoms with Gasteiger partial charge in [0.25, 0.3) is 0 Å². The fraction of sp³-hybridized carbons (Fsp3) is 0.565. The number of fused-ring (bicyclic) bond motifs is 2. The third kappa shape index (κ3) is 7.27. The van der Waals surface area contributed by atoms with E-state index in [1.54, 1.807) is 0 Å². The summed E-state index contributed by atoms with van der Waals surface area (Å²) in [7, 11) is 9.87. The molecule has 0 heterocycles. The normalized spacial score (nSPS) is 34.0. The molecule has 6 atom stereocenters. The maximum absolute atomic E-state index is 4.93. The van der Waals surface area contributed by atoms with Gasteiger partial charge in [-0.25, -0.2) is 0 Å². The minimum atomic E-state index is -0.826. The fourth-order valence-electron chi connectivity index (χ4n) is 5.45. The first-order valence-electron chi connectivity index (χ1n) is 9.49. The summed E-state index contributed by atoms with van der Waals surface area (Å²) in [5, 5.41) is 0. The second-order valence-electron chi connectivity index (χ2n) is 7.70. The predicted octanol–water partition coefficient (Wildman–Crippen LogP) is 8.12. The van der Waals surface area contributed by atoms with Crippen LogP contribution in [0.5, 0.6) is 0 Å². The van der Waals surface area contributed by atoms with Crippen LogP contribution in [-0.4, -0.2) is 0 Å². The zero-order chi connectivity index (χ0) is 16.8. The van der Waals surface area contributed by atoms with Gasteiger partial charge in [0.2, 0.25) is 0 Å². The summed E-state index contributed by atoms with van der Waals surface area (Å²) in [6.45, 7) is 0. The molecule has 0 radical (unpaired) electrons. The Balaban J connectivity index is 0.00000106. The molecule has 0 aromatic rings. The quantitative estimate of drug-likeness (QED) is 0.348. The van der Waals surface area contributed by atoms with Crippen molar-refractivity contribution in [3.05, 3.63) is 63.5 Å². The van der Waals surface area contributed by atoms with Crippen molar-refractivity contribution in [2.45, 2.75) is 44.9 Å². The second-order valence-corrected chi connectivity index (χ2v) is 11.4. The molecule has 0 spiro atoms. The Morgan fingerprint density at radius 3 is 1.44 bits per heavy atom. The Labute approximate surface area is 185 Å². The predicted molar refractivity (Wildman–Crippen MR) is 117 cm³/mol. The van der Waals surface area contributed by atoms with Crippen LogP contribution in [0.3, 0.4) is 0 Å². The van der Waals surface area contributed by atoms with Crippen molar-refractivity contribution in [2.75, 3.05) is 0 Å². The summed E-state index contributed by atoms with van der Waals surface area (Å²) < 4.78 is 0. The van der Waals surface area contributed by atoms with E-state index in [2.05, 4.69) is 48.6 Å². The van der Waals surface area contributed by atoms with E-state index < -0.39 is 20.8 Å². The molecule has 2 fully saturated rings. The summed E-state index contributed by atoms with van der Waals surface area (Å²) in [4.78, 5) is 0. The first-order chi connectivity index (χ1) is 11.8. The third-order valence-electron chi connectivity index (χ3n) is 6.57. The molecular formula is C23H35Cl2FZr. The molecule has 4 rings (SSSR count). The summed E-state index contributed by atoms with van der Waals surface area (Å²) in [6, 6.07) is 0. The SMILES string of the molecule is C1=CC2CCC(CCCC3CCC4C=CC=CC43)C2C=C1.F.[CH3-].[CH3-].[Cl][Zr+2][Cl]. The Morgan fingerprint density at radius 1 is 0.667 bits per heavy atom. The van der Waals surface area contributed by atoms with Gasteiger partial charge in [-0.1, -0.05) is 55.0 Å². The molecule has 4 heteroatoms. The van der Waals surface area contributed by atoms with E-state index in [0.717, 1.165) is 35.5 Å². The minimum absolute atomic E-state index is 0. The monoisotopic (exact) mass is 490 g/mol. The Kier molecular flexibility index (Phi) is 14.5. The van der Waals surface area contributed by atoms with Crippen molar-refractivity contribution in [1.82, 2.24) is 0 Å². The van der Waals surface area contributed by atoms with Gasteiger partial charge in [0.15, 0.2) is 0 Å². The van der Waals surface area contributed by atoms with E-state index >= 15 is 0 Å². The number of rotatable bonds is 4. The molecule has 0 bridgehead atoms. The number of hydrogen-bond acceptors (Lipinski definition) is 0. The van der Waals surface area contributed by atoms with Crippen molar-refractivity contribution in [3.8, 4) is 0 Å². The van der Waals surface area contributed by atoms with Crippen LogP contribution in [0, 0.1) is 50.4 Å². The van der Waals surface area contributed by atoms with Crippen LogP contribution >= 0.6 is 17.0 Å². The molecule has 6 unspecified atom stereocenters. The summed E-state index contributed by atoms with van der Waals surface area (Å²) in [5.74, 6) is 5.39. The zero-order valence-electron chi connectivity index (χ0n) is 16.7. The third-order valence-corrected chi connectivity index (χ3v) is 6.57. The van der Waals surface area contributed by atoms with Crippen LogP contribution in [0.4, 0.5) is 4.70 Å². The van der Waals surface area contributed by atoms with E-state index in [1.165, 1.54) is 44.9 Å². The Hall–Kier alpha value is 0.353. The van der Waals surface area contributed by atoms with Crippen molar-refractivity contribution < 1.29 is 25.6 Å². The van der Waals surface area contributed by atoms with E-state index in [1.807, 2.05) is 0 Å². The molecule has 27 heavy (non-hydrogen) atoms. The summed E-state index contributed by atoms with van der Waals surface area (Å²) in [6.07, 6.45) is 29.1. The molecule has 4 aliphatic carbocycles. The van der Waals surface area contributed by atoms with E-state index in [4.69, 9.17) is 17.0 Å². The molecular weight excluding hydrogens is 457 g/mol. The molecule has 4 aliphatic rings. The summed E-state index contributed by atoms with van der Waals surface area (Å²) >= 11 is -0.826. The fourth-order valence-corrected chi connectivity index (χ4v) is 5.45. The van der Waals surface area contributed by atoms with Gasteiger partial charge in [-0.05, 0) is 74.0 Å². The molecule has 0 aromatic heterocycles. The van der Waals surface area contributed by atoms with Crippen LogP contribution in [0.2, 0.25) is 0 Å². The van der Waals surface area contributed by atoms with Gasteiger partial charge < -0.3 is 14.9 Å². The molecule has 0 N–H and O–H groups in total. The zero-order valence-corrected chi connectivity index (χ0v) is 20.7. The van der Waals surface area contributed by atoms with Gasteiger partial charge >= 0.3 is 37.9 Å². The first kappa shape index (κ1) is 27.4. The van der Waals surface area contributed by atoms with Gasteiger partial charge in [-0.3, -0.25) is 4.70 Å². The number of halogens is 3. The van der Waals surface area contributed by atoms with Crippen molar-refractivity contribution in [3.63, 3.8) is 0 Å². The van der Waals surface area contributed by atoms with Gasteiger partial charge in [0.05, 0.1) is 0 Å². The van der Waals surface area contributed by atoms with Crippen molar-refractivity contribution in [1.29, 1.82) is 0 Å². The van der Waals surface area contributed by atoms with Gasteiger partial charge in [-0.15, -0.1) is 0 Å². The topological polar surface area (TPSA) is 0 Å². The van der Waals surface area contributed by atoms with E-state index in [-0.39, 0.29) is 19.6 Å². The standard InChI is InChI=1S/C21H28.2CH3.2ClH.FH.Zr/c1-3-10-20-16(6-1)12-14-18(20)8-5-9-19-15-13-17-7-2-4-11-21(17)19;;;;;;/h1-4,6-7,10-11,16-21H,5,8-9,12-15H2;2*1H3;3*1H;/q;2*-1;;;;+4/p-2. The average Bonchev–Trinajstić information content (AvgIpc) is 3.21. The molecule has 0 saturated heterocycles. The molecule has 2 saturated carbocycles. The molecule has 0 aliphatic heterocycles. The second kappa shape index (κ2) is 14.4. The molecule has 0 aromatic carbocycles. The Bertz CT molecular complexity index is 471. The van der Waals surface area contributed by atoms with Crippen LogP contribution < -0.4 is 0 Å². The molecule has 0 nitrogen and oxygen atoms in total. The van der Waals surface area contributed by atoms with Gasteiger partial charge in [-0.2, -0.15) is 0 Å². The van der Waals surface area contributed by atoms with Gasteiger partial charge in [0, 0.05) is 0 Å². The average molecular weight is 493 g/mol. The van der Waals surface area contributed by atoms with Crippen molar-refractivity contribution >= 4 is 17.0 Å². The summed E-state index contributed by atoms with van der Waals surface area (Å²) in [5.41, 5.74) is 0. The van der Waals surface area contributed by atoms with Crippen LogP contribution in [0.25, 0.3) is 0 Å². The van der Waals surface area contributed by atoms with Crippen LogP contribution in [-0.2, 0) is 20.8 Å². The Morgan fingerprint density at radius 2 is 1.04 bits per heavy atom. The molecule has 0 amide bonds. The van der Waals surface area contributed by atoms with Crippen LogP contribution in [0.15, 0.2) is 48.6 Å². The van der Waals surface area contributed by atoms with Crippen molar-refractivity contribution in [2.24, 2.45) is 35.5 Å².